The molecule has 2 aromatic carbocycles. The minimum atomic E-state index is -3.90. The van der Waals surface area contributed by atoms with Crippen molar-refractivity contribution in [3.63, 3.8) is 0 Å². The lowest BCUT2D eigenvalue weighted by Gasteiger charge is -2.31. The zero-order valence-electron chi connectivity index (χ0n) is 14.3. The Morgan fingerprint density at radius 1 is 1.15 bits per heavy atom. The molecular formula is C18H18F2N2O3S. The third kappa shape index (κ3) is 3.29. The number of fused-ring (bicyclic) bond motifs is 1. The Morgan fingerprint density at radius 2 is 1.85 bits per heavy atom. The van der Waals surface area contributed by atoms with Gasteiger partial charge >= 0.3 is 0 Å². The van der Waals surface area contributed by atoms with Crippen LogP contribution in [-0.2, 0) is 21.2 Å². The maximum atomic E-state index is 13.6. The molecule has 1 aliphatic heterocycles. The summed E-state index contributed by atoms with van der Waals surface area (Å²) in [6.45, 7) is 1.88. The van der Waals surface area contributed by atoms with Gasteiger partial charge in [0.25, 0.3) is 5.91 Å². The number of anilines is 2. The van der Waals surface area contributed by atoms with Gasteiger partial charge in [-0.1, -0.05) is 18.2 Å². The summed E-state index contributed by atoms with van der Waals surface area (Å²) in [4.78, 5) is 14.5. The molecule has 0 unspecified atom stereocenters. The van der Waals surface area contributed by atoms with Crippen molar-refractivity contribution in [2.75, 3.05) is 22.0 Å². The van der Waals surface area contributed by atoms with E-state index in [2.05, 4.69) is 0 Å². The zero-order chi connectivity index (χ0) is 19.1. The molecule has 0 aromatic heterocycles. The molecule has 8 heteroatoms. The second kappa shape index (κ2) is 6.68. The molecule has 1 atom stereocenters. The van der Waals surface area contributed by atoms with Crippen molar-refractivity contribution in [3.8, 4) is 0 Å². The first-order valence-corrected chi connectivity index (χ1v) is 9.88. The lowest BCUT2D eigenvalue weighted by atomic mass is 10.2. The van der Waals surface area contributed by atoms with Crippen LogP contribution in [0.4, 0.5) is 20.2 Å². The fourth-order valence-corrected chi connectivity index (χ4v) is 4.38. The number of amides is 1. The maximum Gasteiger partial charge on any atom is 0.250 e. The molecular weight excluding hydrogens is 362 g/mol. The summed E-state index contributed by atoms with van der Waals surface area (Å²) in [6, 6.07) is 9.04. The predicted molar refractivity (Wildman–Crippen MR) is 95.6 cm³/mol. The van der Waals surface area contributed by atoms with Gasteiger partial charge < -0.3 is 4.90 Å². The summed E-state index contributed by atoms with van der Waals surface area (Å²) in [7, 11) is -3.90. The molecule has 0 radical (unpaired) electrons. The minimum Gasteiger partial charge on any atom is -0.310 e. The molecule has 0 saturated heterocycles. The van der Waals surface area contributed by atoms with Gasteiger partial charge in [0.05, 0.1) is 11.9 Å². The molecule has 1 aliphatic rings. The smallest absolute Gasteiger partial charge is 0.250 e. The van der Waals surface area contributed by atoms with Gasteiger partial charge in [0, 0.05) is 18.3 Å². The highest BCUT2D eigenvalue weighted by atomic mass is 32.2. The Kier molecular flexibility index (Phi) is 4.70. The van der Waals surface area contributed by atoms with Crippen LogP contribution in [0, 0.1) is 11.6 Å². The molecule has 0 saturated carbocycles. The number of sulfonamides is 1. The molecule has 0 N–H and O–H groups in total. The van der Waals surface area contributed by atoms with Crippen molar-refractivity contribution < 1.29 is 22.0 Å². The fourth-order valence-electron chi connectivity index (χ4n) is 3.22. The predicted octanol–water partition coefficient (Wildman–Crippen LogP) is 2.71. The van der Waals surface area contributed by atoms with Crippen LogP contribution in [0.3, 0.4) is 0 Å². The van der Waals surface area contributed by atoms with E-state index in [1.807, 2.05) is 12.1 Å². The number of carbonyl (C=O) groups excluding carboxylic acids is 1. The molecule has 2 aromatic rings. The number of rotatable bonds is 4. The first kappa shape index (κ1) is 18.3. The first-order valence-electron chi connectivity index (χ1n) is 8.04. The van der Waals surface area contributed by atoms with Gasteiger partial charge in [-0.25, -0.2) is 17.2 Å². The van der Waals surface area contributed by atoms with E-state index in [0.717, 1.165) is 40.0 Å². The van der Waals surface area contributed by atoms with E-state index >= 15 is 0 Å². The van der Waals surface area contributed by atoms with E-state index < -0.39 is 33.6 Å². The highest BCUT2D eigenvalue weighted by molar-refractivity contribution is 7.92. The largest absolute Gasteiger partial charge is 0.310 e. The average Bonchev–Trinajstić information content (AvgIpc) is 3.00. The normalized spacial score (nSPS) is 14.8. The third-order valence-electron chi connectivity index (χ3n) is 4.38. The number of nitrogens with zero attached hydrogens (tertiary/aromatic N) is 2. The number of para-hydroxylation sites is 1. The Bertz CT molecular complexity index is 963. The highest BCUT2D eigenvalue weighted by Crippen LogP contribution is 2.30. The van der Waals surface area contributed by atoms with Crippen molar-refractivity contribution in [1.82, 2.24) is 0 Å². The van der Waals surface area contributed by atoms with Gasteiger partial charge in [-0.05, 0) is 37.1 Å². The Hall–Kier alpha value is -2.48. The summed E-state index contributed by atoms with van der Waals surface area (Å²) < 4.78 is 52.2. The number of benzene rings is 2. The van der Waals surface area contributed by atoms with Crippen LogP contribution < -0.4 is 9.21 Å². The Morgan fingerprint density at radius 3 is 2.50 bits per heavy atom. The van der Waals surface area contributed by atoms with Gasteiger partial charge in [-0.3, -0.25) is 9.10 Å². The average molecular weight is 380 g/mol. The minimum absolute atomic E-state index is 0.0975. The van der Waals surface area contributed by atoms with Crippen LogP contribution in [0.25, 0.3) is 0 Å². The van der Waals surface area contributed by atoms with Crippen molar-refractivity contribution in [2.45, 2.75) is 19.4 Å². The van der Waals surface area contributed by atoms with E-state index in [9.17, 15) is 22.0 Å². The SMILES string of the molecule is C[C@H](C(=O)N1CCc2ccccc21)N(c1ccc(F)c(F)c1)S(C)(=O)=O. The van der Waals surface area contributed by atoms with E-state index in [1.165, 1.54) is 11.8 Å². The van der Waals surface area contributed by atoms with E-state index in [-0.39, 0.29) is 5.69 Å². The molecule has 1 amide bonds. The molecule has 138 valence electrons. The van der Waals surface area contributed by atoms with Gasteiger partial charge in [-0.15, -0.1) is 0 Å². The molecule has 0 aliphatic carbocycles. The lowest BCUT2D eigenvalue weighted by Crippen LogP contribution is -2.49. The topological polar surface area (TPSA) is 57.7 Å². The number of hydrogen-bond acceptors (Lipinski definition) is 3. The number of carbonyl (C=O) groups is 1. The van der Waals surface area contributed by atoms with Crippen LogP contribution in [0.1, 0.15) is 12.5 Å². The second-order valence-electron chi connectivity index (χ2n) is 6.20. The van der Waals surface area contributed by atoms with Gasteiger partial charge in [0.15, 0.2) is 11.6 Å². The molecule has 5 nitrogen and oxygen atoms in total. The first-order chi connectivity index (χ1) is 12.2. The molecule has 0 fully saturated rings. The molecule has 0 bridgehead atoms. The zero-order valence-corrected chi connectivity index (χ0v) is 15.1. The Balaban J connectivity index is 1.97. The van der Waals surface area contributed by atoms with E-state index in [1.54, 1.807) is 12.1 Å². The van der Waals surface area contributed by atoms with Crippen LogP contribution >= 0.6 is 0 Å². The van der Waals surface area contributed by atoms with Gasteiger partial charge in [0.1, 0.15) is 6.04 Å². The fraction of sp³-hybridized carbons (Fsp3) is 0.278. The summed E-state index contributed by atoms with van der Waals surface area (Å²) in [6.07, 6.45) is 1.61. The molecule has 26 heavy (non-hydrogen) atoms. The standard InChI is InChI=1S/C18H18F2N2O3S/c1-12(18(23)21-10-9-13-5-3-4-6-17(13)21)22(26(2,24)25)14-7-8-15(19)16(20)11-14/h3-8,11-12H,9-10H2,1-2H3/t12-/m1/s1. The van der Waals surface area contributed by atoms with Crippen molar-refractivity contribution in [3.05, 3.63) is 59.7 Å². The van der Waals surface area contributed by atoms with Crippen molar-refractivity contribution >= 4 is 27.3 Å². The molecule has 0 spiro atoms. The highest BCUT2D eigenvalue weighted by Gasteiger charge is 2.35. The summed E-state index contributed by atoms with van der Waals surface area (Å²) in [5, 5.41) is 0. The quantitative estimate of drug-likeness (QED) is 0.820. The van der Waals surface area contributed by atoms with Crippen LogP contribution in [0.2, 0.25) is 0 Å². The lowest BCUT2D eigenvalue weighted by molar-refractivity contribution is -0.119. The van der Waals surface area contributed by atoms with Crippen LogP contribution in [-0.4, -0.2) is 33.2 Å². The van der Waals surface area contributed by atoms with Gasteiger partial charge in [0.2, 0.25) is 10.0 Å². The number of halogens is 2. The van der Waals surface area contributed by atoms with E-state index in [4.69, 9.17) is 0 Å². The van der Waals surface area contributed by atoms with E-state index in [0.29, 0.717) is 13.0 Å². The maximum absolute atomic E-state index is 13.6. The van der Waals surface area contributed by atoms with Crippen LogP contribution in [0.15, 0.2) is 42.5 Å². The monoisotopic (exact) mass is 380 g/mol. The summed E-state index contributed by atoms with van der Waals surface area (Å²) in [5.41, 5.74) is 1.65. The van der Waals surface area contributed by atoms with Crippen molar-refractivity contribution in [2.24, 2.45) is 0 Å². The van der Waals surface area contributed by atoms with Crippen LogP contribution in [0.5, 0.6) is 0 Å². The second-order valence-corrected chi connectivity index (χ2v) is 8.06. The van der Waals surface area contributed by atoms with Gasteiger partial charge in [-0.2, -0.15) is 0 Å². The molecule has 1 heterocycles. The third-order valence-corrected chi connectivity index (χ3v) is 5.62. The summed E-state index contributed by atoms with van der Waals surface area (Å²) >= 11 is 0. The Labute approximate surface area is 150 Å². The summed E-state index contributed by atoms with van der Waals surface area (Å²) in [5.74, 6) is -2.69. The molecule has 3 rings (SSSR count). The van der Waals surface area contributed by atoms with Crippen molar-refractivity contribution in [1.29, 1.82) is 0 Å². The number of hydrogen-bond donors (Lipinski definition) is 0.